The van der Waals surface area contributed by atoms with Crippen LogP contribution in [0.15, 0.2) is 112 Å². The lowest BCUT2D eigenvalue weighted by atomic mass is 10.2. The summed E-state index contributed by atoms with van der Waals surface area (Å²) in [4.78, 5) is 18.3. The number of para-hydroxylation sites is 1. The van der Waals surface area contributed by atoms with Gasteiger partial charge < -0.3 is 8.83 Å². The van der Waals surface area contributed by atoms with Crippen LogP contribution in [0.1, 0.15) is 15.6 Å². The zero-order chi connectivity index (χ0) is 28.1. The van der Waals surface area contributed by atoms with Crippen molar-refractivity contribution in [3.63, 3.8) is 0 Å². The van der Waals surface area contributed by atoms with Gasteiger partial charge in [-0.15, -0.1) is 11.3 Å². The van der Waals surface area contributed by atoms with Crippen molar-refractivity contribution in [1.82, 2.24) is 4.98 Å². The van der Waals surface area contributed by atoms with Gasteiger partial charge in [0.25, 0.3) is 5.78 Å². The van der Waals surface area contributed by atoms with Crippen molar-refractivity contribution in [2.75, 3.05) is 5.01 Å². The summed E-state index contributed by atoms with van der Waals surface area (Å²) in [6.45, 7) is 0. The highest BCUT2D eigenvalue weighted by molar-refractivity contribution is 9.10. The lowest BCUT2D eigenvalue weighted by Crippen LogP contribution is -2.11. The highest BCUT2D eigenvalue weighted by Gasteiger charge is 2.33. The minimum Gasteiger partial charge on any atom is -0.454 e. The molecule has 6 aromatic rings. The molecule has 0 saturated heterocycles. The fraction of sp³-hybridized carbons (Fsp3) is 0. The van der Waals surface area contributed by atoms with E-state index in [1.807, 2.05) is 72.1 Å². The van der Waals surface area contributed by atoms with Gasteiger partial charge in [0.05, 0.1) is 5.69 Å². The van der Waals surface area contributed by atoms with Gasteiger partial charge >= 0.3 is 0 Å². The maximum atomic E-state index is 13.6. The van der Waals surface area contributed by atoms with Crippen molar-refractivity contribution in [1.29, 1.82) is 5.26 Å². The van der Waals surface area contributed by atoms with Gasteiger partial charge in [-0.2, -0.15) is 10.4 Å². The van der Waals surface area contributed by atoms with Crippen molar-refractivity contribution >= 4 is 99.0 Å². The van der Waals surface area contributed by atoms with Crippen LogP contribution in [0.4, 0.5) is 5.69 Å². The molecule has 7 nitrogen and oxygen atoms in total. The van der Waals surface area contributed by atoms with E-state index in [2.05, 4.69) is 43.0 Å². The predicted molar refractivity (Wildman–Crippen MR) is 170 cm³/mol. The third kappa shape index (κ3) is 4.83. The number of nitriles is 1. The number of furan rings is 2. The van der Waals surface area contributed by atoms with Crippen molar-refractivity contribution in [3.05, 3.63) is 109 Å². The third-order valence-electron chi connectivity index (χ3n) is 6.25. The summed E-state index contributed by atoms with van der Waals surface area (Å²) >= 11 is 9.38. The number of benzene rings is 3. The molecule has 0 unspecified atom stereocenters. The lowest BCUT2D eigenvalue weighted by molar-refractivity contribution is 0.104. The number of Topliss-reactive ketones (excluding diaryl/α,β-unsaturated/α-hetero) is 1. The van der Waals surface area contributed by atoms with Crippen LogP contribution in [0.2, 0.25) is 0 Å². The molecule has 0 radical (unpaired) electrons. The normalized spacial score (nSPS) is 14.5. The van der Waals surface area contributed by atoms with Crippen molar-refractivity contribution < 1.29 is 13.6 Å². The molecule has 1 aliphatic heterocycles. The molecular weight excluding hydrogens is 688 g/mol. The van der Waals surface area contributed by atoms with Crippen LogP contribution in [0, 0.1) is 11.3 Å². The fourth-order valence-corrected chi connectivity index (χ4v) is 6.95. The zero-order valence-corrected chi connectivity index (χ0v) is 25.5. The number of thiazole rings is 1. The van der Waals surface area contributed by atoms with E-state index in [1.54, 1.807) is 17.1 Å². The highest BCUT2D eigenvalue weighted by Crippen LogP contribution is 2.42. The molecule has 11 heteroatoms. The summed E-state index contributed by atoms with van der Waals surface area (Å²) in [6.07, 6.45) is 0. The Morgan fingerprint density at radius 2 is 1.61 bits per heavy atom. The van der Waals surface area contributed by atoms with Crippen LogP contribution in [-0.2, 0) is 0 Å². The molecule has 0 aliphatic carbocycles. The van der Waals surface area contributed by atoms with E-state index in [0.717, 1.165) is 37.1 Å². The minimum atomic E-state index is -0.371. The van der Waals surface area contributed by atoms with E-state index >= 15 is 0 Å². The molecule has 3 aromatic carbocycles. The average molecular weight is 702 g/mol. The summed E-state index contributed by atoms with van der Waals surface area (Å²) in [5, 5.41) is 21.3. The number of aromatic nitrogens is 1. The first-order valence-electron chi connectivity index (χ1n) is 12.1. The second-order valence-corrected chi connectivity index (χ2v) is 12.6. The number of rotatable bonds is 5. The van der Waals surface area contributed by atoms with Crippen LogP contribution < -0.4 is 5.01 Å². The third-order valence-corrected chi connectivity index (χ3v) is 9.13. The fourth-order valence-electron chi connectivity index (χ4n) is 4.35. The number of hydrazone groups is 1. The first-order valence-corrected chi connectivity index (χ1v) is 15.4. The first-order chi connectivity index (χ1) is 20.0. The number of nitrogens with zero attached hydrogens (tertiary/aromatic N) is 4. The van der Waals surface area contributed by atoms with Crippen LogP contribution in [-0.4, -0.2) is 15.8 Å². The number of thioether (sulfide) groups is 1. The molecule has 0 bridgehead atoms. The van der Waals surface area contributed by atoms with Gasteiger partial charge in [-0.25, -0.2) is 9.99 Å². The van der Waals surface area contributed by atoms with E-state index < -0.39 is 0 Å². The smallest absolute Gasteiger partial charge is 0.255 e. The molecule has 0 amide bonds. The van der Waals surface area contributed by atoms with Gasteiger partial charge in [0.1, 0.15) is 38.5 Å². The van der Waals surface area contributed by atoms with E-state index in [9.17, 15) is 10.1 Å². The van der Waals surface area contributed by atoms with Gasteiger partial charge in [0, 0.05) is 25.1 Å². The molecule has 0 N–H and O–H groups in total. The van der Waals surface area contributed by atoms with Gasteiger partial charge in [0.15, 0.2) is 16.6 Å². The van der Waals surface area contributed by atoms with E-state index in [0.29, 0.717) is 38.3 Å². The molecule has 0 fully saturated rings. The molecule has 1 aliphatic rings. The van der Waals surface area contributed by atoms with Gasteiger partial charge in [-0.3, -0.25) is 4.79 Å². The topological polar surface area (TPSA) is 95.6 Å². The summed E-state index contributed by atoms with van der Waals surface area (Å²) in [5.74, 6) is 0.402. The summed E-state index contributed by atoms with van der Waals surface area (Å²) < 4.78 is 13.7. The Morgan fingerprint density at radius 1 is 0.902 bits per heavy atom. The number of carbonyl (C=O) groups excluding carboxylic acids is 1. The van der Waals surface area contributed by atoms with Gasteiger partial charge in [0.2, 0.25) is 0 Å². The Labute approximate surface area is 258 Å². The van der Waals surface area contributed by atoms with E-state index in [4.69, 9.17) is 13.8 Å². The summed E-state index contributed by atoms with van der Waals surface area (Å²) in [6, 6.07) is 26.6. The molecule has 3 aromatic heterocycles. The Kier molecular flexibility index (Phi) is 6.63. The Morgan fingerprint density at radius 3 is 2.34 bits per heavy atom. The number of halogens is 2. The summed E-state index contributed by atoms with van der Waals surface area (Å²) in [7, 11) is 0. The molecule has 4 heterocycles. The van der Waals surface area contributed by atoms with Crippen LogP contribution >= 0.6 is 55.0 Å². The number of allylic oxidation sites excluding steroid dienone is 1. The van der Waals surface area contributed by atoms with Crippen LogP contribution in [0.5, 0.6) is 0 Å². The lowest BCUT2D eigenvalue weighted by Gasteiger charge is -2.16. The number of anilines is 1. The molecule has 0 spiro atoms. The van der Waals surface area contributed by atoms with Crippen molar-refractivity contribution in [3.8, 4) is 17.5 Å². The monoisotopic (exact) mass is 700 g/mol. The average Bonchev–Trinajstić information content (AvgIpc) is 3.78. The van der Waals surface area contributed by atoms with Crippen LogP contribution in [0.25, 0.3) is 39.0 Å². The second-order valence-electron chi connectivity index (χ2n) is 8.90. The highest BCUT2D eigenvalue weighted by atomic mass is 79.9. The first kappa shape index (κ1) is 26.0. The Bertz CT molecular complexity index is 2100. The van der Waals surface area contributed by atoms with E-state index in [1.165, 1.54) is 11.3 Å². The predicted octanol–water partition coefficient (Wildman–Crippen LogP) is 9.47. The number of hydrogen-bond donors (Lipinski definition) is 0. The van der Waals surface area contributed by atoms with Crippen LogP contribution in [0.3, 0.4) is 0 Å². The number of ketones is 1. The zero-order valence-electron chi connectivity index (χ0n) is 20.7. The van der Waals surface area contributed by atoms with Crippen molar-refractivity contribution in [2.45, 2.75) is 0 Å². The number of hydrogen-bond acceptors (Lipinski definition) is 9. The maximum absolute atomic E-state index is 13.6. The summed E-state index contributed by atoms with van der Waals surface area (Å²) in [5.41, 5.74) is 2.97. The van der Waals surface area contributed by atoms with E-state index in [-0.39, 0.29) is 16.6 Å². The molecular formula is C30H14Br2N4O3S2. The molecule has 41 heavy (non-hydrogen) atoms. The number of fused-ring (bicyclic) bond motifs is 2. The number of carbonyl (C=O) groups is 1. The molecule has 198 valence electrons. The Balaban J connectivity index is 1.28. The maximum Gasteiger partial charge on any atom is 0.255 e. The SMILES string of the molecule is N#C/C(=C1\SC(C(=O)c2cc3cc(Br)ccc3o2)=NN1c1ccccc1)c1nc(-c2cc3cc(Br)ccc3o2)cs1. The molecule has 0 saturated carbocycles. The van der Waals surface area contributed by atoms with Crippen molar-refractivity contribution in [2.24, 2.45) is 5.10 Å². The molecule has 7 rings (SSSR count). The largest absolute Gasteiger partial charge is 0.454 e. The standard InChI is InChI=1S/C30H14Br2N4O3S2/c31-18-6-8-23-16(10-18)12-25(38-23)22-15-40-28(34-22)21(14-33)30-36(20-4-2-1-3-5-20)35-29(41-30)27(37)26-13-17-11-19(32)7-9-24(17)39-26/h1-13,15H/b30-21+. The second kappa shape index (κ2) is 10.5. The Hall–Kier alpha value is -3.95. The minimum absolute atomic E-state index is 0.171. The molecule has 0 atom stereocenters. The van der Waals surface area contributed by atoms with Gasteiger partial charge in [-0.1, -0.05) is 50.1 Å². The van der Waals surface area contributed by atoms with Gasteiger partial charge in [-0.05, 0) is 72.4 Å². The quantitative estimate of drug-likeness (QED) is 0.131.